The number of benzene rings is 1. The zero-order valence-electron chi connectivity index (χ0n) is 10.4. The fourth-order valence-electron chi connectivity index (χ4n) is 2.18. The fraction of sp³-hybridized carbons (Fsp3) is 0.467. The quantitative estimate of drug-likeness (QED) is 0.836. The van der Waals surface area contributed by atoms with Crippen LogP contribution in [0.5, 0.6) is 5.75 Å². The molecule has 0 radical (unpaired) electrons. The lowest BCUT2D eigenvalue weighted by atomic mass is 10.1. The summed E-state index contributed by atoms with van der Waals surface area (Å²) < 4.78 is 5.57. The van der Waals surface area contributed by atoms with E-state index in [0.29, 0.717) is 17.4 Å². The van der Waals surface area contributed by atoms with Crippen molar-refractivity contribution in [1.82, 2.24) is 0 Å². The van der Waals surface area contributed by atoms with Gasteiger partial charge < -0.3 is 9.84 Å². The van der Waals surface area contributed by atoms with Gasteiger partial charge in [-0.05, 0) is 49.5 Å². The molecule has 1 aromatic rings. The predicted octanol–water partition coefficient (Wildman–Crippen LogP) is 3.97. The molecule has 0 bridgehead atoms. The van der Waals surface area contributed by atoms with Crippen LogP contribution in [0.1, 0.15) is 32.1 Å². The molecule has 1 N–H and O–H groups in total. The van der Waals surface area contributed by atoms with E-state index in [2.05, 4.69) is 6.08 Å². The zero-order chi connectivity index (χ0) is 12.8. The third-order valence-corrected chi connectivity index (χ3v) is 3.44. The Bertz CT molecular complexity index is 415. The average Bonchev–Trinajstić information content (AvgIpc) is 2.65. The van der Waals surface area contributed by atoms with Gasteiger partial charge in [-0.15, -0.1) is 0 Å². The van der Waals surface area contributed by atoms with Crippen LogP contribution in [-0.4, -0.2) is 17.8 Å². The second kappa shape index (κ2) is 6.81. The van der Waals surface area contributed by atoms with E-state index in [0.717, 1.165) is 18.4 Å². The monoisotopic (exact) mass is 266 g/mol. The largest absolute Gasteiger partial charge is 0.490 e. The highest BCUT2D eigenvalue weighted by Gasteiger charge is 2.13. The van der Waals surface area contributed by atoms with Crippen molar-refractivity contribution in [3.05, 3.63) is 40.9 Å². The Morgan fingerprint density at radius 3 is 3.00 bits per heavy atom. The Morgan fingerprint density at radius 2 is 2.17 bits per heavy atom. The molecule has 1 aromatic carbocycles. The molecule has 1 aliphatic rings. The fourth-order valence-corrected chi connectivity index (χ4v) is 2.36. The molecule has 3 heteroatoms. The summed E-state index contributed by atoms with van der Waals surface area (Å²) in [4.78, 5) is 0. The molecule has 18 heavy (non-hydrogen) atoms. The van der Waals surface area contributed by atoms with Gasteiger partial charge in [0.25, 0.3) is 0 Å². The number of rotatable bonds is 4. The van der Waals surface area contributed by atoms with Crippen LogP contribution in [0.4, 0.5) is 0 Å². The van der Waals surface area contributed by atoms with Crippen LogP contribution in [0.2, 0.25) is 5.02 Å². The van der Waals surface area contributed by atoms with Crippen molar-refractivity contribution in [1.29, 1.82) is 0 Å². The van der Waals surface area contributed by atoms with E-state index in [1.54, 1.807) is 12.1 Å². The zero-order valence-corrected chi connectivity index (χ0v) is 11.2. The molecule has 0 fully saturated rings. The number of hydrogen-bond acceptors (Lipinski definition) is 2. The van der Waals surface area contributed by atoms with Gasteiger partial charge >= 0.3 is 0 Å². The van der Waals surface area contributed by atoms with Gasteiger partial charge in [0.1, 0.15) is 18.5 Å². The van der Waals surface area contributed by atoms with Gasteiger partial charge in [0, 0.05) is 5.02 Å². The lowest BCUT2D eigenvalue weighted by Gasteiger charge is -2.15. The van der Waals surface area contributed by atoms with E-state index in [-0.39, 0.29) is 0 Å². The van der Waals surface area contributed by atoms with Crippen LogP contribution >= 0.6 is 11.6 Å². The Kier molecular flexibility index (Phi) is 5.09. The van der Waals surface area contributed by atoms with Crippen LogP contribution in [-0.2, 0) is 0 Å². The average molecular weight is 267 g/mol. The minimum absolute atomic E-state index is 0.298. The number of aliphatic hydroxyl groups excluding tert-OH is 1. The van der Waals surface area contributed by atoms with Gasteiger partial charge in [0.05, 0.1) is 0 Å². The molecule has 0 aliphatic heterocycles. The molecular formula is C15H19ClO2. The highest BCUT2D eigenvalue weighted by Crippen LogP contribution is 2.21. The second-order valence-corrected chi connectivity index (χ2v) is 5.10. The molecule has 0 saturated heterocycles. The van der Waals surface area contributed by atoms with Crippen LogP contribution in [0.3, 0.4) is 0 Å². The minimum Gasteiger partial charge on any atom is -0.490 e. The summed E-state index contributed by atoms with van der Waals surface area (Å²) in [7, 11) is 0. The van der Waals surface area contributed by atoms with Crippen molar-refractivity contribution < 1.29 is 9.84 Å². The number of aliphatic hydroxyl groups is 1. The lowest BCUT2D eigenvalue weighted by Crippen LogP contribution is -2.20. The lowest BCUT2D eigenvalue weighted by molar-refractivity contribution is 0.132. The summed E-state index contributed by atoms with van der Waals surface area (Å²) in [5, 5.41) is 10.8. The summed E-state index contributed by atoms with van der Waals surface area (Å²) in [6.07, 6.45) is 7.37. The standard InChI is InChI=1S/C15H19ClO2/c16-13-8-5-9-14(10-13)18-11-15(17)12-6-3-1-2-4-7-12/h5-6,8-10,15,17H,1-4,7,11H2. The smallest absolute Gasteiger partial charge is 0.120 e. The third kappa shape index (κ3) is 4.04. The first-order valence-corrected chi connectivity index (χ1v) is 6.89. The van der Waals surface area contributed by atoms with Crippen molar-refractivity contribution in [3.8, 4) is 5.75 Å². The van der Waals surface area contributed by atoms with Crippen molar-refractivity contribution in [2.45, 2.75) is 38.2 Å². The first kappa shape index (κ1) is 13.4. The highest BCUT2D eigenvalue weighted by molar-refractivity contribution is 6.30. The Morgan fingerprint density at radius 1 is 1.28 bits per heavy atom. The van der Waals surface area contributed by atoms with Crippen molar-refractivity contribution in [2.75, 3.05) is 6.61 Å². The maximum absolute atomic E-state index is 10.1. The van der Waals surface area contributed by atoms with Crippen LogP contribution in [0.15, 0.2) is 35.9 Å². The van der Waals surface area contributed by atoms with E-state index in [4.69, 9.17) is 16.3 Å². The minimum atomic E-state index is -0.498. The topological polar surface area (TPSA) is 29.5 Å². The molecule has 2 nitrogen and oxygen atoms in total. The normalized spacial score (nSPS) is 17.8. The van der Waals surface area contributed by atoms with Gasteiger partial charge in [-0.1, -0.05) is 30.2 Å². The number of halogens is 1. The van der Waals surface area contributed by atoms with Gasteiger partial charge in [0.15, 0.2) is 0 Å². The molecule has 0 saturated carbocycles. The molecular weight excluding hydrogens is 248 g/mol. The Labute approximate surface area is 113 Å². The maximum atomic E-state index is 10.1. The van der Waals surface area contributed by atoms with E-state index in [9.17, 15) is 5.11 Å². The first-order valence-electron chi connectivity index (χ1n) is 6.51. The van der Waals surface area contributed by atoms with Crippen LogP contribution in [0, 0.1) is 0 Å². The van der Waals surface area contributed by atoms with Crippen LogP contribution in [0.25, 0.3) is 0 Å². The maximum Gasteiger partial charge on any atom is 0.120 e. The van der Waals surface area contributed by atoms with Crippen molar-refractivity contribution in [3.63, 3.8) is 0 Å². The summed E-state index contributed by atoms with van der Waals surface area (Å²) in [6.45, 7) is 0.298. The predicted molar refractivity (Wildman–Crippen MR) is 74.1 cm³/mol. The van der Waals surface area contributed by atoms with Gasteiger partial charge in [0.2, 0.25) is 0 Å². The number of ether oxygens (including phenoxy) is 1. The van der Waals surface area contributed by atoms with E-state index < -0.39 is 6.10 Å². The van der Waals surface area contributed by atoms with Gasteiger partial charge in [-0.3, -0.25) is 0 Å². The summed E-state index contributed by atoms with van der Waals surface area (Å²) in [6, 6.07) is 7.25. The second-order valence-electron chi connectivity index (χ2n) is 4.66. The first-order chi connectivity index (χ1) is 8.75. The summed E-state index contributed by atoms with van der Waals surface area (Å²) in [5.41, 5.74) is 1.12. The van der Waals surface area contributed by atoms with E-state index >= 15 is 0 Å². The van der Waals surface area contributed by atoms with Gasteiger partial charge in [-0.2, -0.15) is 0 Å². The Hall–Kier alpha value is -0.990. The third-order valence-electron chi connectivity index (χ3n) is 3.21. The molecule has 1 unspecified atom stereocenters. The molecule has 0 aromatic heterocycles. The van der Waals surface area contributed by atoms with E-state index in [1.165, 1.54) is 19.3 Å². The molecule has 98 valence electrons. The molecule has 1 atom stereocenters. The van der Waals surface area contributed by atoms with E-state index in [1.807, 2.05) is 12.1 Å². The summed E-state index contributed by atoms with van der Waals surface area (Å²) >= 11 is 5.88. The van der Waals surface area contributed by atoms with Crippen molar-refractivity contribution in [2.24, 2.45) is 0 Å². The molecule has 2 rings (SSSR count). The summed E-state index contributed by atoms with van der Waals surface area (Å²) in [5.74, 6) is 0.704. The van der Waals surface area contributed by atoms with Crippen LogP contribution < -0.4 is 4.74 Å². The molecule has 0 amide bonds. The van der Waals surface area contributed by atoms with Gasteiger partial charge in [-0.25, -0.2) is 0 Å². The number of allylic oxidation sites excluding steroid dienone is 1. The highest BCUT2D eigenvalue weighted by atomic mass is 35.5. The SMILES string of the molecule is OC(COc1cccc(Cl)c1)C1=CCCCCC1. The number of hydrogen-bond donors (Lipinski definition) is 1. The molecule has 1 aliphatic carbocycles. The molecule has 0 spiro atoms. The Balaban J connectivity index is 1.87. The molecule has 0 heterocycles. The van der Waals surface area contributed by atoms with Crippen molar-refractivity contribution >= 4 is 11.6 Å².